The lowest BCUT2D eigenvalue weighted by atomic mass is 10.1. The third-order valence-corrected chi connectivity index (χ3v) is 1.39. The van der Waals surface area contributed by atoms with Crippen molar-refractivity contribution in [2.24, 2.45) is 5.92 Å². The molecule has 1 rings (SSSR count). The maximum absolute atomic E-state index is 5.18. The van der Waals surface area contributed by atoms with Crippen LogP contribution in [0.1, 0.15) is 27.2 Å². The summed E-state index contributed by atoms with van der Waals surface area (Å²) in [6.07, 6.45) is 2.63. The van der Waals surface area contributed by atoms with Crippen LogP contribution in [0.4, 0.5) is 0 Å². The van der Waals surface area contributed by atoms with Gasteiger partial charge in [-0.3, -0.25) is 0 Å². The zero-order valence-electron chi connectivity index (χ0n) is 4.81. The van der Waals surface area contributed by atoms with Crippen molar-refractivity contribution in [1.82, 2.24) is 0 Å². The second-order valence-corrected chi connectivity index (χ2v) is 2.32. The number of hydrogen-bond acceptors (Lipinski definition) is 1. The molecule has 0 aromatic heterocycles. The number of rotatable bonds is 0. The Kier molecular flexibility index (Phi) is 3.88. The Morgan fingerprint density at radius 2 is 2.25 bits per heavy atom. The van der Waals surface area contributed by atoms with Gasteiger partial charge in [0.25, 0.3) is 0 Å². The molecular weight excluding hydrogens is 100 g/mol. The zero-order chi connectivity index (χ0) is 5.11. The molecule has 0 aromatic rings. The highest BCUT2D eigenvalue weighted by molar-refractivity contribution is 4.55. The van der Waals surface area contributed by atoms with Crippen molar-refractivity contribution < 1.29 is 4.74 Å². The Balaban J connectivity index is 0.000000490. The molecule has 0 aromatic carbocycles. The van der Waals surface area contributed by atoms with Gasteiger partial charge in [-0.25, -0.2) is 0 Å². The smallest absolute Gasteiger partial charge is 0.0491 e. The maximum atomic E-state index is 5.18. The Bertz CT molecular complexity index is 46.3. The van der Waals surface area contributed by atoms with Crippen LogP contribution in [0, 0.1) is 5.92 Å². The van der Waals surface area contributed by atoms with Gasteiger partial charge in [0.2, 0.25) is 0 Å². The van der Waals surface area contributed by atoms with E-state index >= 15 is 0 Å². The highest BCUT2D eigenvalue weighted by Gasteiger charge is 2.06. The molecule has 0 amide bonds. The standard InChI is InChI=1S/C6H12O.CH4/c1-6-3-2-4-7-5-6;/h6H,2-5H2,1H3;1H4. The fourth-order valence-corrected chi connectivity index (χ4v) is 0.902. The second kappa shape index (κ2) is 3.90. The van der Waals surface area contributed by atoms with Gasteiger partial charge in [-0.1, -0.05) is 14.4 Å². The first kappa shape index (κ1) is 7.96. The van der Waals surface area contributed by atoms with Crippen molar-refractivity contribution in [3.63, 3.8) is 0 Å². The molecule has 1 nitrogen and oxygen atoms in total. The molecule has 0 spiro atoms. The third kappa shape index (κ3) is 2.31. The average molecular weight is 116 g/mol. The van der Waals surface area contributed by atoms with E-state index in [0.29, 0.717) is 0 Å². The highest BCUT2D eigenvalue weighted by Crippen LogP contribution is 2.10. The molecular formula is C7H16O. The largest absolute Gasteiger partial charge is 0.381 e. The normalized spacial score (nSPS) is 28.9. The summed E-state index contributed by atoms with van der Waals surface area (Å²) < 4.78 is 5.18. The van der Waals surface area contributed by atoms with Crippen molar-refractivity contribution in [3.05, 3.63) is 0 Å². The Hall–Kier alpha value is -0.0400. The van der Waals surface area contributed by atoms with E-state index in [1.54, 1.807) is 0 Å². The minimum absolute atomic E-state index is 0. The van der Waals surface area contributed by atoms with Crippen LogP contribution in [-0.4, -0.2) is 13.2 Å². The van der Waals surface area contributed by atoms with Gasteiger partial charge in [0, 0.05) is 13.2 Å². The topological polar surface area (TPSA) is 9.23 Å². The highest BCUT2D eigenvalue weighted by atomic mass is 16.5. The average Bonchev–Trinajstić information content (AvgIpc) is 1.69. The summed E-state index contributed by atoms with van der Waals surface area (Å²) in [7, 11) is 0. The quantitative estimate of drug-likeness (QED) is 0.470. The van der Waals surface area contributed by atoms with Crippen LogP contribution in [0.25, 0.3) is 0 Å². The van der Waals surface area contributed by atoms with E-state index < -0.39 is 0 Å². The van der Waals surface area contributed by atoms with E-state index in [-0.39, 0.29) is 7.43 Å². The van der Waals surface area contributed by atoms with Crippen LogP contribution < -0.4 is 0 Å². The van der Waals surface area contributed by atoms with Crippen LogP contribution in [0.5, 0.6) is 0 Å². The molecule has 1 unspecified atom stereocenters. The summed E-state index contributed by atoms with van der Waals surface area (Å²) in [5.74, 6) is 0.814. The van der Waals surface area contributed by atoms with Gasteiger partial charge in [0.1, 0.15) is 0 Å². The zero-order valence-corrected chi connectivity index (χ0v) is 4.81. The van der Waals surface area contributed by atoms with Crippen molar-refractivity contribution in [2.75, 3.05) is 13.2 Å². The second-order valence-electron chi connectivity index (χ2n) is 2.32. The summed E-state index contributed by atoms with van der Waals surface area (Å²) in [5.41, 5.74) is 0. The van der Waals surface area contributed by atoms with Crippen molar-refractivity contribution >= 4 is 0 Å². The van der Waals surface area contributed by atoms with Gasteiger partial charge < -0.3 is 4.74 Å². The van der Waals surface area contributed by atoms with E-state index in [9.17, 15) is 0 Å². The molecule has 1 heterocycles. The minimum Gasteiger partial charge on any atom is -0.381 e. The summed E-state index contributed by atoms with van der Waals surface area (Å²) >= 11 is 0. The molecule has 1 fully saturated rings. The molecule has 0 saturated carbocycles. The SMILES string of the molecule is C.CC1CCCOC1. The Labute approximate surface area is 52.0 Å². The molecule has 0 aliphatic carbocycles. The maximum Gasteiger partial charge on any atom is 0.0491 e. The summed E-state index contributed by atoms with van der Waals surface area (Å²) in [6.45, 7) is 4.21. The van der Waals surface area contributed by atoms with Crippen LogP contribution in [0.3, 0.4) is 0 Å². The summed E-state index contributed by atoms with van der Waals surface area (Å²) in [6, 6.07) is 0. The fraction of sp³-hybridized carbons (Fsp3) is 1.00. The van der Waals surface area contributed by atoms with Gasteiger partial charge in [0.15, 0.2) is 0 Å². The molecule has 0 bridgehead atoms. The molecule has 1 saturated heterocycles. The van der Waals surface area contributed by atoms with Crippen LogP contribution >= 0.6 is 0 Å². The third-order valence-electron chi connectivity index (χ3n) is 1.39. The van der Waals surface area contributed by atoms with Gasteiger partial charge in [-0.2, -0.15) is 0 Å². The Morgan fingerprint density at radius 1 is 1.50 bits per heavy atom. The molecule has 50 valence electrons. The van der Waals surface area contributed by atoms with Crippen LogP contribution in [0.2, 0.25) is 0 Å². The van der Waals surface area contributed by atoms with Crippen molar-refractivity contribution in [2.45, 2.75) is 27.2 Å². The van der Waals surface area contributed by atoms with Gasteiger partial charge in [-0.15, -0.1) is 0 Å². The monoisotopic (exact) mass is 116 g/mol. The first-order valence-corrected chi connectivity index (χ1v) is 2.97. The molecule has 0 radical (unpaired) electrons. The fourth-order valence-electron chi connectivity index (χ4n) is 0.902. The predicted molar refractivity (Wildman–Crippen MR) is 35.9 cm³/mol. The van der Waals surface area contributed by atoms with Crippen LogP contribution in [0.15, 0.2) is 0 Å². The first-order valence-electron chi connectivity index (χ1n) is 2.97. The first-order chi connectivity index (χ1) is 3.39. The van der Waals surface area contributed by atoms with Gasteiger partial charge in [0.05, 0.1) is 0 Å². The summed E-state index contributed by atoms with van der Waals surface area (Å²) in [5, 5.41) is 0. The van der Waals surface area contributed by atoms with Crippen LogP contribution in [-0.2, 0) is 4.74 Å². The minimum atomic E-state index is 0. The summed E-state index contributed by atoms with van der Waals surface area (Å²) in [4.78, 5) is 0. The van der Waals surface area contributed by atoms with Gasteiger partial charge >= 0.3 is 0 Å². The van der Waals surface area contributed by atoms with Gasteiger partial charge in [-0.05, 0) is 18.8 Å². The molecule has 0 N–H and O–H groups in total. The van der Waals surface area contributed by atoms with E-state index in [1.165, 1.54) is 12.8 Å². The van der Waals surface area contributed by atoms with E-state index in [2.05, 4.69) is 6.92 Å². The number of ether oxygens (including phenoxy) is 1. The van der Waals surface area contributed by atoms with E-state index in [4.69, 9.17) is 4.74 Å². The predicted octanol–water partition coefficient (Wildman–Crippen LogP) is 2.07. The Morgan fingerprint density at radius 3 is 2.50 bits per heavy atom. The molecule has 1 heteroatoms. The van der Waals surface area contributed by atoms with Crippen molar-refractivity contribution in [3.8, 4) is 0 Å². The molecule has 1 aliphatic heterocycles. The lowest BCUT2D eigenvalue weighted by Crippen LogP contribution is -2.13. The lowest BCUT2D eigenvalue weighted by molar-refractivity contribution is 0.0616. The molecule has 8 heavy (non-hydrogen) atoms. The van der Waals surface area contributed by atoms with E-state index in [0.717, 1.165) is 19.1 Å². The lowest BCUT2D eigenvalue weighted by Gasteiger charge is -2.16. The number of hydrogen-bond donors (Lipinski definition) is 0. The van der Waals surface area contributed by atoms with Crippen molar-refractivity contribution in [1.29, 1.82) is 0 Å². The molecule has 1 aliphatic rings. The van der Waals surface area contributed by atoms with E-state index in [1.807, 2.05) is 0 Å². The molecule has 1 atom stereocenters.